The molecule has 114 valence electrons. The van der Waals surface area contributed by atoms with Gasteiger partial charge in [0.15, 0.2) is 0 Å². The lowest BCUT2D eigenvalue weighted by atomic mass is 10.2. The monoisotopic (exact) mass is 282 g/mol. The van der Waals surface area contributed by atoms with E-state index in [4.69, 9.17) is 4.74 Å². The number of rotatable bonds is 9. The normalized spacial score (nSPS) is 12.7. The summed E-state index contributed by atoms with van der Waals surface area (Å²) < 4.78 is 6.82. The van der Waals surface area contributed by atoms with Crippen molar-refractivity contribution in [3.8, 4) is 0 Å². The fourth-order valence-corrected chi connectivity index (χ4v) is 1.86. The van der Waals surface area contributed by atoms with Crippen LogP contribution in [0.15, 0.2) is 12.5 Å². The molecule has 0 fully saturated rings. The number of hydrogen-bond acceptors (Lipinski definition) is 4. The molecule has 6 heteroatoms. The van der Waals surface area contributed by atoms with Gasteiger partial charge in [0, 0.05) is 26.4 Å². The van der Waals surface area contributed by atoms with Crippen LogP contribution in [0.5, 0.6) is 0 Å². The van der Waals surface area contributed by atoms with E-state index in [1.54, 1.807) is 19.6 Å². The largest absolute Gasteiger partial charge is 0.383 e. The maximum atomic E-state index is 12.0. The van der Waals surface area contributed by atoms with Gasteiger partial charge in [-0.15, -0.1) is 0 Å². The summed E-state index contributed by atoms with van der Waals surface area (Å²) in [6.45, 7) is 8.90. The Balaban J connectivity index is 2.53. The van der Waals surface area contributed by atoms with Crippen LogP contribution in [-0.4, -0.2) is 42.3 Å². The van der Waals surface area contributed by atoms with Crippen LogP contribution in [0, 0.1) is 5.92 Å². The number of amides is 1. The molecule has 1 amide bonds. The zero-order valence-electron chi connectivity index (χ0n) is 12.8. The molecule has 0 aliphatic heterocycles. The van der Waals surface area contributed by atoms with E-state index in [9.17, 15) is 4.79 Å². The molecule has 20 heavy (non-hydrogen) atoms. The summed E-state index contributed by atoms with van der Waals surface area (Å²) in [6.07, 6.45) is 3.50. The van der Waals surface area contributed by atoms with Crippen LogP contribution >= 0.6 is 0 Å². The number of nitrogens with one attached hydrogen (secondary N) is 2. The van der Waals surface area contributed by atoms with E-state index in [2.05, 4.69) is 29.5 Å². The van der Waals surface area contributed by atoms with E-state index in [-0.39, 0.29) is 11.9 Å². The van der Waals surface area contributed by atoms with Gasteiger partial charge in [-0.3, -0.25) is 4.79 Å². The Morgan fingerprint density at radius 1 is 1.45 bits per heavy atom. The Bertz CT molecular complexity index is 404. The molecule has 0 radical (unpaired) electrons. The zero-order chi connectivity index (χ0) is 15.0. The molecule has 0 saturated heterocycles. The number of imidazole rings is 1. The minimum Gasteiger partial charge on any atom is -0.383 e. The third-order valence-corrected chi connectivity index (χ3v) is 3.01. The summed E-state index contributed by atoms with van der Waals surface area (Å²) in [6, 6.07) is -0.273. The van der Waals surface area contributed by atoms with E-state index in [1.807, 2.05) is 11.5 Å². The number of methoxy groups -OCH3 is 1. The standard InChI is InChI=1S/C14H26N4O2/c1-11(2)7-15-8-13-9-16-10-18(13)12(3)14(19)17-5-6-20-4/h9-12,15H,5-8H2,1-4H3,(H,17,19). The third kappa shape index (κ3) is 5.30. The van der Waals surface area contributed by atoms with E-state index in [0.717, 1.165) is 12.2 Å². The maximum Gasteiger partial charge on any atom is 0.242 e. The Kier molecular flexibility index (Phi) is 7.25. The molecule has 1 heterocycles. The predicted octanol–water partition coefficient (Wildman–Crippen LogP) is 0.952. The molecule has 0 aromatic carbocycles. The molecule has 0 bridgehead atoms. The average Bonchev–Trinajstić information content (AvgIpc) is 2.86. The molecule has 6 nitrogen and oxygen atoms in total. The lowest BCUT2D eigenvalue weighted by molar-refractivity contribution is -0.124. The highest BCUT2D eigenvalue weighted by atomic mass is 16.5. The van der Waals surface area contributed by atoms with Crippen molar-refractivity contribution in [2.45, 2.75) is 33.4 Å². The SMILES string of the molecule is COCCNC(=O)C(C)n1cncc1CNCC(C)C. The van der Waals surface area contributed by atoms with Crippen molar-refractivity contribution in [2.75, 3.05) is 26.8 Å². The number of carbonyl (C=O) groups excluding carboxylic acids is 1. The Hall–Kier alpha value is -1.40. The zero-order valence-corrected chi connectivity index (χ0v) is 12.8. The van der Waals surface area contributed by atoms with Gasteiger partial charge in [0.05, 0.1) is 18.6 Å². The minimum atomic E-state index is -0.273. The van der Waals surface area contributed by atoms with Gasteiger partial charge in [0.1, 0.15) is 6.04 Å². The second kappa shape index (κ2) is 8.71. The van der Waals surface area contributed by atoms with Gasteiger partial charge in [-0.1, -0.05) is 13.8 Å². The summed E-state index contributed by atoms with van der Waals surface area (Å²) in [7, 11) is 1.62. The summed E-state index contributed by atoms with van der Waals surface area (Å²) in [5.74, 6) is 0.575. The fraction of sp³-hybridized carbons (Fsp3) is 0.714. The number of hydrogen-bond donors (Lipinski definition) is 2. The lowest BCUT2D eigenvalue weighted by Crippen LogP contribution is -2.34. The summed E-state index contributed by atoms with van der Waals surface area (Å²) in [5, 5.41) is 6.20. The highest BCUT2D eigenvalue weighted by Gasteiger charge is 2.16. The Labute approximate surface area is 120 Å². The lowest BCUT2D eigenvalue weighted by Gasteiger charge is -2.17. The van der Waals surface area contributed by atoms with Crippen LogP contribution in [0.1, 0.15) is 32.5 Å². The number of aromatic nitrogens is 2. The molecule has 1 rings (SSSR count). The van der Waals surface area contributed by atoms with Crippen molar-refractivity contribution in [1.82, 2.24) is 20.2 Å². The summed E-state index contributed by atoms with van der Waals surface area (Å²) in [4.78, 5) is 16.2. The van der Waals surface area contributed by atoms with E-state index in [0.29, 0.717) is 25.6 Å². The molecular formula is C14H26N4O2. The maximum absolute atomic E-state index is 12.0. The highest BCUT2D eigenvalue weighted by molar-refractivity contribution is 5.79. The molecule has 0 aliphatic carbocycles. The predicted molar refractivity (Wildman–Crippen MR) is 78.4 cm³/mol. The first-order valence-corrected chi connectivity index (χ1v) is 7.04. The first-order valence-electron chi connectivity index (χ1n) is 7.04. The first kappa shape index (κ1) is 16.7. The van der Waals surface area contributed by atoms with Crippen LogP contribution in [0.2, 0.25) is 0 Å². The van der Waals surface area contributed by atoms with Crippen molar-refractivity contribution < 1.29 is 9.53 Å². The Morgan fingerprint density at radius 3 is 2.85 bits per heavy atom. The van der Waals surface area contributed by atoms with E-state index in [1.165, 1.54) is 0 Å². The number of ether oxygens (including phenoxy) is 1. The molecule has 2 N–H and O–H groups in total. The topological polar surface area (TPSA) is 68.2 Å². The van der Waals surface area contributed by atoms with Crippen LogP contribution in [0.25, 0.3) is 0 Å². The van der Waals surface area contributed by atoms with Crippen LogP contribution < -0.4 is 10.6 Å². The molecule has 0 saturated carbocycles. The Morgan fingerprint density at radius 2 is 2.20 bits per heavy atom. The first-order chi connectivity index (χ1) is 9.56. The molecular weight excluding hydrogens is 256 g/mol. The highest BCUT2D eigenvalue weighted by Crippen LogP contribution is 2.10. The fourth-order valence-electron chi connectivity index (χ4n) is 1.86. The van der Waals surface area contributed by atoms with Crippen molar-refractivity contribution in [3.05, 3.63) is 18.2 Å². The van der Waals surface area contributed by atoms with Gasteiger partial charge < -0.3 is 19.9 Å². The summed E-state index contributed by atoms with van der Waals surface area (Å²) >= 11 is 0. The van der Waals surface area contributed by atoms with Crippen molar-refractivity contribution in [2.24, 2.45) is 5.92 Å². The third-order valence-electron chi connectivity index (χ3n) is 3.01. The summed E-state index contributed by atoms with van der Waals surface area (Å²) in [5.41, 5.74) is 1.01. The smallest absolute Gasteiger partial charge is 0.242 e. The molecule has 0 spiro atoms. The van der Waals surface area contributed by atoms with Gasteiger partial charge in [-0.05, 0) is 19.4 Å². The van der Waals surface area contributed by atoms with Crippen molar-refractivity contribution in [3.63, 3.8) is 0 Å². The van der Waals surface area contributed by atoms with Gasteiger partial charge >= 0.3 is 0 Å². The van der Waals surface area contributed by atoms with Crippen LogP contribution in [0.3, 0.4) is 0 Å². The van der Waals surface area contributed by atoms with Crippen LogP contribution in [0.4, 0.5) is 0 Å². The quantitative estimate of drug-likeness (QED) is 0.662. The van der Waals surface area contributed by atoms with Crippen LogP contribution in [-0.2, 0) is 16.1 Å². The molecule has 0 aliphatic rings. The van der Waals surface area contributed by atoms with E-state index < -0.39 is 0 Å². The van der Waals surface area contributed by atoms with Crippen molar-refractivity contribution >= 4 is 5.91 Å². The molecule has 1 atom stereocenters. The second-order valence-corrected chi connectivity index (χ2v) is 5.28. The van der Waals surface area contributed by atoms with Gasteiger partial charge in [0.25, 0.3) is 0 Å². The van der Waals surface area contributed by atoms with Gasteiger partial charge in [0.2, 0.25) is 5.91 Å². The molecule has 1 aromatic rings. The minimum absolute atomic E-state index is 0.0230. The molecule has 1 unspecified atom stereocenters. The second-order valence-electron chi connectivity index (χ2n) is 5.28. The van der Waals surface area contributed by atoms with Gasteiger partial charge in [-0.25, -0.2) is 4.98 Å². The average molecular weight is 282 g/mol. The number of nitrogens with zero attached hydrogens (tertiary/aromatic N) is 2. The van der Waals surface area contributed by atoms with Gasteiger partial charge in [-0.2, -0.15) is 0 Å². The van der Waals surface area contributed by atoms with E-state index >= 15 is 0 Å². The van der Waals surface area contributed by atoms with Crippen molar-refractivity contribution in [1.29, 1.82) is 0 Å². The molecule has 1 aromatic heterocycles. The number of carbonyl (C=O) groups is 1.